The van der Waals surface area contributed by atoms with E-state index in [0.717, 1.165) is 69.6 Å². The summed E-state index contributed by atoms with van der Waals surface area (Å²) in [6, 6.07) is 0. The van der Waals surface area contributed by atoms with Crippen LogP contribution >= 0.6 is 0 Å². The standard InChI is InChI=1S/C59H114O6/c1-6-8-9-10-11-12-13-14-15-16-19-23-26-29-36-41-46-51-59(62)65-56(53-64-58(61)50-45-40-35-31-30-33-38-43-48-55(5)7-2)52-63-57(60)49-44-39-34-28-25-22-20-17-18-21-24-27-32-37-42-47-54(3)4/h54-56H,6-53H2,1-5H3/t55?,56-/m0/s1. The van der Waals surface area contributed by atoms with E-state index in [-0.39, 0.29) is 31.1 Å². The van der Waals surface area contributed by atoms with Crippen molar-refractivity contribution < 1.29 is 28.6 Å². The zero-order valence-corrected chi connectivity index (χ0v) is 44.6. The molecule has 0 saturated carbocycles. The Morgan fingerprint density at radius 3 is 0.877 bits per heavy atom. The van der Waals surface area contributed by atoms with Crippen molar-refractivity contribution in [3.63, 3.8) is 0 Å². The van der Waals surface area contributed by atoms with Gasteiger partial charge in [0, 0.05) is 19.3 Å². The molecule has 2 atom stereocenters. The maximum absolute atomic E-state index is 12.9. The zero-order chi connectivity index (χ0) is 47.5. The summed E-state index contributed by atoms with van der Waals surface area (Å²) in [5.41, 5.74) is 0. The summed E-state index contributed by atoms with van der Waals surface area (Å²) in [5.74, 6) is 0.857. The lowest BCUT2D eigenvalue weighted by molar-refractivity contribution is -0.167. The molecule has 0 aliphatic carbocycles. The number of esters is 3. The average Bonchev–Trinajstić information content (AvgIpc) is 3.29. The lowest BCUT2D eigenvalue weighted by atomic mass is 9.99. The smallest absolute Gasteiger partial charge is 0.306 e. The molecule has 0 saturated heterocycles. The van der Waals surface area contributed by atoms with Gasteiger partial charge in [-0.2, -0.15) is 0 Å². The van der Waals surface area contributed by atoms with E-state index in [1.54, 1.807) is 0 Å². The van der Waals surface area contributed by atoms with Gasteiger partial charge in [-0.1, -0.05) is 291 Å². The first kappa shape index (κ1) is 63.4. The molecule has 0 N–H and O–H groups in total. The first-order valence-corrected chi connectivity index (χ1v) is 29.3. The fourth-order valence-electron chi connectivity index (χ4n) is 9.02. The lowest BCUT2D eigenvalue weighted by Gasteiger charge is -2.18. The number of carbonyl (C=O) groups is 3. The SMILES string of the molecule is CCCCCCCCCCCCCCCCCCCC(=O)O[C@@H](COC(=O)CCCCCCCCCCCCCCCCCC(C)C)COC(=O)CCCCCCCCCCC(C)CC. The van der Waals surface area contributed by atoms with E-state index in [2.05, 4.69) is 34.6 Å². The van der Waals surface area contributed by atoms with Gasteiger partial charge in [-0.25, -0.2) is 0 Å². The van der Waals surface area contributed by atoms with Gasteiger partial charge in [0.2, 0.25) is 0 Å². The second-order valence-corrected chi connectivity index (χ2v) is 21.0. The molecule has 0 bridgehead atoms. The molecule has 6 heteroatoms. The number of carbonyl (C=O) groups excluding carboxylic acids is 3. The van der Waals surface area contributed by atoms with E-state index in [0.29, 0.717) is 19.3 Å². The highest BCUT2D eigenvalue weighted by molar-refractivity contribution is 5.71. The second kappa shape index (κ2) is 51.8. The second-order valence-electron chi connectivity index (χ2n) is 21.0. The lowest BCUT2D eigenvalue weighted by Crippen LogP contribution is -2.30. The molecule has 0 aromatic heterocycles. The van der Waals surface area contributed by atoms with Crippen molar-refractivity contribution in [3.8, 4) is 0 Å². The molecule has 1 unspecified atom stereocenters. The van der Waals surface area contributed by atoms with Crippen molar-refractivity contribution in [1.82, 2.24) is 0 Å². The van der Waals surface area contributed by atoms with Crippen LogP contribution in [0.1, 0.15) is 330 Å². The van der Waals surface area contributed by atoms with Crippen LogP contribution in [0.5, 0.6) is 0 Å². The van der Waals surface area contributed by atoms with Crippen LogP contribution in [0.2, 0.25) is 0 Å². The van der Waals surface area contributed by atoms with Crippen molar-refractivity contribution in [3.05, 3.63) is 0 Å². The minimum absolute atomic E-state index is 0.0629. The summed E-state index contributed by atoms with van der Waals surface area (Å²) in [5, 5.41) is 0. The Morgan fingerprint density at radius 2 is 0.585 bits per heavy atom. The molecule has 0 radical (unpaired) electrons. The van der Waals surface area contributed by atoms with E-state index in [9.17, 15) is 14.4 Å². The highest BCUT2D eigenvalue weighted by atomic mass is 16.6. The van der Waals surface area contributed by atoms with Crippen molar-refractivity contribution in [2.45, 2.75) is 336 Å². The van der Waals surface area contributed by atoms with Crippen LogP contribution in [-0.4, -0.2) is 37.2 Å². The van der Waals surface area contributed by atoms with E-state index < -0.39 is 6.10 Å². The Bertz CT molecular complexity index is 995. The number of hydrogen-bond donors (Lipinski definition) is 0. The van der Waals surface area contributed by atoms with Crippen molar-refractivity contribution in [2.24, 2.45) is 11.8 Å². The molecule has 0 aromatic rings. The monoisotopic (exact) mass is 919 g/mol. The summed E-state index contributed by atoms with van der Waals surface area (Å²) in [6.07, 6.45) is 55.2. The molecule has 0 amide bonds. The van der Waals surface area contributed by atoms with Crippen LogP contribution in [0.4, 0.5) is 0 Å². The Hall–Kier alpha value is -1.59. The fraction of sp³-hybridized carbons (Fsp3) is 0.949. The first-order valence-electron chi connectivity index (χ1n) is 29.3. The van der Waals surface area contributed by atoms with Crippen molar-refractivity contribution >= 4 is 17.9 Å². The summed E-state index contributed by atoms with van der Waals surface area (Å²) in [6.45, 7) is 11.4. The van der Waals surface area contributed by atoms with Crippen LogP contribution in [0.3, 0.4) is 0 Å². The van der Waals surface area contributed by atoms with E-state index >= 15 is 0 Å². The predicted molar refractivity (Wildman–Crippen MR) is 280 cm³/mol. The minimum atomic E-state index is -0.763. The van der Waals surface area contributed by atoms with Gasteiger partial charge in [-0.05, 0) is 31.1 Å². The first-order chi connectivity index (χ1) is 31.8. The highest BCUT2D eigenvalue weighted by Crippen LogP contribution is 2.19. The summed E-state index contributed by atoms with van der Waals surface area (Å²) >= 11 is 0. The number of unbranched alkanes of at least 4 members (excludes halogenated alkanes) is 37. The molecule has 0 spiro atoms. The van der Waals surface area contributed by atoms with Gasteiger partial charge in [0.05, 0.1) is 0 Å². The number of ether oxygens (including phenoxy) is 3. The van der Waals surface area contributed by atoms with Gasteiger partial charge in [0.15, 0.2) is 6.10 Å². The third-order valence-electron chi connectivity index (χ3n) is 13.8. The predicted octanol–water partition coefficient (Wildman–Crippen LogP) is 19.3. The Morgan fingerprint density at radius 1 is 0.323 bits per heavy atom. The third kappa shape index (κ3) is 51.6. The number of rotatable bonds is 53. The fourth-order valence-corrected chi connectivity index (χ4v) is 9.02. The van der Waals surface area contributed by atoms with Crippen LogP contribution in [0, 0.1) is 11.8 Å². The largest absolute Gasteiger partial charge is 0.462 e. The molecule has 0 heterocycles. The van der Waals surface area contributed by atoms with Gasteiger partial charge in [0.1, 0.15) is 13.2 Å². The Labute approximate surface area is 406 Å². The van der Waals surface area contributed by atoms with E-state index in [4.69, 9.17) is 14.2 Å². The van der Waals surface area contributed by atoms with E-state index in [1.807, 2.05) is 0 Å². The van der Waals surface area contributed by atoms with Gasteiger partial charge < -0.3 is 14.2 Å². The molecule has 6 nitrogen and oxygen atoms in total. The maximum atomic E-state index is 12.9. The summed E-state index contributed by atoms with van der Waals surface area (Å²) in [7, 11) is 0. The van der Waals surface area contributed by atoms with E-state index in [1.165, 1.54) is 218 Å². The van der Waals surface area contributed by atoms with Crippen LogP contribution < -0.4 is 0 Å². The molecule has 0 rings (SSSR count). The van der Waals surface area contributed by atoms with Gasteiger partial charge in [-0.3, -0.25) is 14.4 Å². The van der Waals surface area contributed by atoms with Gasteiger partial charge in [-0.15, -0.1) is 0 Å². The molecule has 0 aliphatic rings. The van der Waals surface area contributed by atoms with Crippen LogP contribution in [-0.2, 0) is 28.6 Å². The van der Waals surface area contributed by atoms with Crippen molar-refractivity contribution in [1.29, 1.82) is 0 Å². The topological polar surface area (TPSA) is 78.9 Å². The van der Waals surface area contributed by atoms with Crippen molar-refractivity contribution in [2.75, 3.05) is 13.2 Å². The minimum Gasteiger partial charge on any atom is -0.462 e. The summed E-state index contributed by atoms with van der Waals surface area (Å²) < 4.78 is 16.9. The Balaban J connectivity index is 4.28. The third-order valence-corrected chi connectivity index (χ3v) is 13.8. The molecule has 0 fully saturated rings. The molecule has 65 heavy (non-hydrogen) atoms. The zero-order valence-electron chi connectivity index (χ0n) is 44.6. The van der Waals surface area contributed by atoms with Crippen LogP contribution in [0.25, 0.3) is 0 Å². The quantitative estimate of drug-likeness (QED) is 0.0344. The summed E-state index contributed by atoms with van der Waals surface area (Å²) in [4.78, 5) is 38.1. The maximum Gasteiger partial charge on any atom is 0.306 e. The van der Waals surface area contributed by atoms with Gasteiger partial charge in [0.25, 0.3) is 0 Å². The number of hydrogen-bond acceptors (Lipinski definition) is 6. The molecular weight excluding hydrogens is 805 g/mol. The Kier molecular flexibility index (Phi) is 50.5. The average molecular weight is 920 g/mol. The molecular formula is C59H114O6. The molecule has 386 valence electrons. The normalized spacial score (nSPS) is 12.5. The molecule has 0 aromatic carbocycles. The molecule has 0 aliphatic heterocycles. The highest BCUT2D eigenvalue weighted by Gasteiger charge is 2.19. The van der Waals surface area contributed by atoms with Crippen LogP contribution in [0.15, 0.2) is 0 Å². The van der Waals surface area contributed by atoms with Gasteiger partial charge >= 0.3 is 17.9 Å².